The zero-order valence-corrected chi connectivity index (χ0v) is 10.00. The van der Waals surface area contributed by atoms with Gasteiger partial charge in [-0.1, -0.05) is 6.07 Å². The predicted octanol–water partition coefficient (Wildman–Crippen LogP) is 3.04. The Kier molecular flexibility index (Phi) is 5.32. The van der Waals surface area contributed by atoms with Gasteiger partial charge in [-0.25, -0.2) is 4.39 Å². The van der Waals surface area contributed by atoms with Crippen LogP contribution in [-0.2, 0) is 20.2 Å². The standard InChI is InChI=1S/C10H13FO4P/c1-3-14-16(12)15-7-8-4-5-10(13-2)9(11)6-8/h4-6H,3,7H2,1-2H3/q+1. The Labute approximate surface area is 94.3 Å². The van der Waals surface area contributed by atoms with Gasteiger partial charge in [0.05, 0.1) is 7.11 Å². The molecule has 0 heterocycles. The molecule has 0 fully saturated rings. The van der Waals surface area contributed by atoms with Crippen LogP contribution < -0.4 is 4.74 Å². The smallest absolute Gasteiger partial charge is 0.494 e. The topological polar surface area (TPSA) is 44.8 Å². The van der Waals surface area contributed by atoms with Crippen LogP contribution in [-0.4, -0.2) is 13.7 Å². The van der Waals surface area contributed by atoms with Crippen LogP contribution in [0.5, 0.6) is 5.75 Å². The number of hydrogen-bond acceptors (Lipinski definition) is 4. The zero-order valence-electron chi connectivity index (χ0n) is 9.10. The van der Waals surface area contributed by atoms with Gasteiger partial charge in [-0.15, -0.1) is 9.05 Å². The Morgan fingerprint density at radius 2 is 2.12 bits per heavy atom. The molecule has 1 aromatic rings. The summed E-state index contributed by atoms with van der Waals surface area (Å²) in [6, 6.07) is 4.40. The van der Waals surface area contributed by atoms with Crippen molar-refractivity contribution in [2.24, 2.45) is 0 Å². The van der Waals surface area contributed by atoms with E-state index in [0.717, 1.165) is 0 Å². The zero-order chi connectivity index (χ0) is 12.0. The van der Waals surface area contributed by atoms with Gasteiger partial charge in [0.2, 0.25) is 0 Å². The maximum absolute atomic E-state index is 13.2. The molecule has 1 unspecified atom stereocenters. The van der Waals surface area contributed by atoms with Crippen LogP contribution in [0.1, 0.15) is 12.5 Å². The molecule has 16 heavy (non-hydrogen) atoms. The first kappa shape index (κ1) is 13.0. The molecule has 6 heteroatoms. The Hall–Kier alpha value is -1.03. The van der Waals surface area contributed by atoms with E-state index in [1.54, 1.807) is 13.0 Å². The van der Waals surface area contributed by atoms with Gasteiger partial charge in [-0.3, -0.25) is 0 Å². The summed E-state index contributed by atoms with van der Waals surface area (Å²) >= 11 is 0. The lowest BCUT2D eigenvalue weighted by molar-refractivity contribution is 0.226. The SMILES string of the molecule is CCO[P+](=O)OCc1ccc(OC)c(F)c1. The molecule has 0 aliphatic rings. The monoisotopic (exact) mass is 247 g/mol. The van der Waals surface area contributed by atoms with Gasteiger partial charge in [0, 0.05) is 4.57 Å². The summed E-state index contributed by atoms with van der Waals surface area (Å²) < 4.78 is 38.6. The van der Waals surface area contributed by atoms with Gasteiger partial charge in [-0.05, 0) is 24.6 Å². The van der Waals surface area contributed by atoms with Gasteiger partial charge in [-0.2, -0.15) is 0 Å². The molecule has 0 N–H and O–H groups in total. The van der Waals surface area contributed by atoms with E-state index in [0.29, 0.717) is 12.2 Å². The number of hydrogen-bond donors (Lipinski definition) is 0. The minimum atomic E-state index is -2.13. The molecule has 0 bridgehead atoms. The molecule has 4 nitrogen and oxygen atoms in total. The normalized spacial score (nSPS) is 11.3. The van der Waals surface area contributed by atoms with E-state index in [9.17, 15) is 8.96 Å². The molecule has 0 aliphatic heterocycles. The maximum atomic E-state index is 13.2. The van der Waals surface area contributed by atoms with Gasteiger partial charge >= 0.3 is 8.25 Å². The van der Waals surface area contributed by atoms with Crippen LogP contribution in [0.15, 0.2) is 18.2 Å². The summed E-state index contributed by atoms with van der Waals surface area (Å²) in [7, 11) is -0.739. The number of ether oxygens (including phenoxy) is 1. The van der Waals surface area contributed by atoms with Crippen molar-refractivity contribution in [3.8, 4) is 5.75 Å². The van der Waals surface area contributed by atoms with E-state index in [2.05, 4.69) is 0 Å². The van der Waals surface area contributed by atoms with Gasteiger partial charge in [0.25, 0.3) is 0 Å². The molecule has 88 valence electrons. The van der Waals surface area contributed by atoms with Crippen molar-refractivity contribution in [1.29, 1.82) is 0 Å². The van der Waals surface area contributed by atoms with Crippen molar-refractivity contribution in [2.45, 2.75) is 13.5 Å². The molecule has 1 atom stereocenters. The summed E-state index contributed by atoms with van der Waals surface area (Å²) in [5.41, 5.74) is 0.571. The van der Waals surface area contributed by atoms with Crippen LogP contribution in [0, 0.1) is 5.82 Å². The van der Waals surface area contributed by atoms with E-state index < -0.39 is 14.1 Å². The fourth-order valence-corrected chi connectivity index (χ4v) is 1.61. The molecular weight excluding hydrogens is 234 g/mol. The summed E-state index contributed by atoms with van der Waals surface area (Å²) in [6.07, 6.45) is 0. The van der Waals surface area contributed by atoms with E-state index in [4.69, 9.17) is 13.8 Å². The Morgan fingerprint density at radius 3 is 2.69 bits per heavy atom. The summed E-state index contributed by atoms with van der Waals surface area (Å²) in [5, 5.41) is 0. The Balaban J connectivity index is 2.55. The van der Waals surface area contributed by atoms with Crippen molar-refractivity contribution >= 4 is 8.25 Å². The molecule has 1 rings (SSSR count). The second-order valence-electron chi connectivity index (χ2n) is 2.88. The summed E-state index contributed by atoms with van der Waals surface area (Å²) in [4.78, 5) is 0. The lowest BCUT2D eigenvalue weighted by Crippen LogP contribution is -1.92. The first-order chi connectivity index (χ1) is 7.67. The number of rotatable bonds is 6. The summed E-state index contributed by atoms with van der Waals surface area (Å²) in [6.45, 7) is 2.06. The molecule has 0 amide bonds. The van der Waals surface area contributed by atoms with Crippen molar-refractivity contribution in [2.75, 3.05) is 13.7 Å². The van der Waals surface area contributed by atoms with Gasteiger partial charge in [0.1, 0.15) is 13.2 Å². The molecular formula is C10H13FO4P+. The van der Waals surface area contributed by atoms with Crippen LogP contribution in [0.3, 0.4) is 0 Å². The van der Waals surface area contributed by atoms with Crippen LogP contribution in [0.25, 0.3) is 0 Å². The molecule has 0 spiro atoms. The van der Waals surface area contributed by atoms with E-state index in [1.807, 2.05) is 0 Å². The second-order valence-corrected chi connectivity index (χ2v) is 3.85. The Morgan fingerprint density at radius 1 is 1.38 bits per heavy atom. The lowest BCUT2D eigenvalue weighted by Gasteiger charge is -2.02. The second kappa shape index (κ2) is 6.53. The third-order valence-corrected chi connectivity index (χ3v) is 2.60. The molecule has 0 radical (unpaired) electrons. The molecule has 0 saturated carbocycles. The first-order valence-electron chi connectivity index (χ1n) is 4.73. The lowest BCUT2D eigenvalue weighted by atomic mass is 10.2. The summed E-state index contributed by atoms with van der Waals surface area (Å²) in [5.74, 6) is -0.312. The van der Waals surface area contributed by atoms with E-state index >= 15 is 0 Å². The van der Waals surface area contributed by atoms with Crippen LogP contribution in [0.4, 0.5) is 4.39 Å². The average molecular weight is 247 g/mol. The average Bonchev–Trinajstić information content (AvgIpc) is 2.27. The fraction of sp³-hybridized carbons (Fsp3) is 0.400. The highest BCUT2D eigenvalue weighted by Gasteiger charge is 2.19. The fourth-order valence-electron chi connectivity index (χ4n) is 1.07. The van der Waals surface area contributed by atoms with Crippen molar-refractivity contribution in [3.05, 3.63) is 29.6 Å². The van der Waals surface area contributed by atoms with Crippen molar-refractivity contribution in [3.63, 3.8) is 0 Å². The maximum Gasteiger partial charge on any atom is 0.697 e. The molecule has 0 aliphatic carbocycles. The third kappa shape index (κ3) is 3.85. The predicted molar refractivity (Wildman–Crippen MR) is 57.0 cm³/mol. The van der Waals surface area contributed by atoms with Gasteiger partial charge < -0.3 is 4.74 Å². The van der Waals surface area contributed by atoms with E-state index in [-0.39, 0.29) is 12.4 Å². The number of benzene rings is 1. The van der Waals surface area contributed by atoms with Crippen LogP contribution in [0.2, 0.25) is 0 Å². The van der Waals surface area contributed by atoms with Crippen molar-refractivity contribution < 1.29 is 22.7 Å². The molecule has 1 aromatic carbocycles. The highest BCUT2D eigenvalue weighted by molar-refractivity contribution is 7.33. The third-order valence-electron chi connectivity index (χ3n) is 1.79. The minimum Gasteiger partial charge on any atom is -0.494 e. The van der Waals surface area contributed by atoms with Crippen molar-refractivity contribution in [1.82, 2.24) is 0 Å². The van der Waals surface area contributed by atoms with Gasteiger partial charge in [0.15, 0.2) is 11.6 Å². The quantitative estimate of drug-likeness (QED) is 0.725. The van der Waals surface area contributed by atoms with Crippen LogP contribution >= 0.6 is 8.25 Å². The number of methoxy groups -OCH3 is 1. The molecule has 0 aromatic heterocycles. The minimum absolute atomic E-state index is 0.0378. The highest BCUT2D eigenvalue weighted by atomic mass is 31.1. The molecule has 0 saturated heterocycles. The van der Waals surface area contributed by atoms with E-state index in [1.165, 1.54) is 19.2 Å². The first-order valence-corrected chi connectivity index (χ1v) is 5.82. The highest BCUT2D eigenvalue weighted by Crippen LogP contribution is 2.26. The largest absolute Gasteiger partial charge is 0.697 e. The number of halogens is 1. The Bertz CT molecular complexity index is 370.